The quantitative estimate of drug-likeness (QED) is 0.767. The molecular formula is C17H16N2O5S. The Labute approximate surface area is 148 Å². The van der Waals surface area contributed by atoms with Gasteiger partial charge in [-0.15, -0.1) is 11.8 Å². The molecule has 4 amide bonds. The minimum Gasteiger partial charge on any atom is -0.497 e. The van der Waals surface area contributed by atoms with E-state index >= 15 is 0 Å². The van der Waals surface area contributed by atoms with Crippen molar-refractivity contribution < 1.29 is 23.5 Å². The number of furan rings is 1. The number of rotatable bonds is 6. The smallest absolute Gasteiger partial charge is 0.328 e. The molecule has 0 bridgehead atoms. The molecule has 130 valence electrons. The molecule has 8 heteroatoms. The summed E-state index contributed by atoms with van der Waals surface area (Å²) in [7, 11) is 1.56. The number of carbonyl (C=O) groups is 3. The van der Waals surface area contributed by atoms with Gasteiger partial charge in [-0.1, -0.05) is 12.1 Å². The number of benzene rings is 1. The molecule has 1 saturated heterocycles. The molecule has 0 unspecified atom stereocenters. The third-order valence-corrected chi connectivity index (χ3v) is 5.13. The van der Waals surface area contributed by atoms with E-state index in [2.05, 4.69) is 10.6 Å². The molecule has 2 N–H and O–H groups in total. The molecule has 1 aliphatic rings. The largest absolute Gasteiger partial charge is 0.497 e. The number of nitrogens with one attached hydrogen (secondary N) is 2. The van der Waals surface area contributed by atoms with Crippen LogP contribution in [0, 0.1) is 5.92 Å². The van der Waals surface area contributed by atoms with Gasteiger partial charge in [-0.05, 0) is 29.8 Å². The highest BCUT2D eigenvalue weighted by atomic mass is 32.2. The second kappa shape index (κ2) is 7.43. The van der Waals surface area contributed by atoms with Crippen LogP contribution in [0.3, 0.4) is 0 Å². The van der Waals surface area contributed by atoms with Crippen molar-refractivity contribution in [2.24, 2.45) is 5.92 Å². The molecule has 1 aromatic carbocycles. The Morgan fingerprint density at radius 2 is 1.80 bits per heavy atom. The van der Waals surface area contributed by atoms with E-state index in [-0.39, 0.29) is 0 Å². The second-order valence-electron chi connectivity index (χ2n) is 5.37. The maximum atomic E-state index is 12.3. The Morgan fingerprint density at radius 3 is 2.36 bits per heavy atom. The first-order chi connectivity index (χ1) is 12.1. The van der Waals surface area contributed by atoms with Crippen LogP contribution in [0.5, 0.6) is 5.75 Å². The van der Waals surface area contributed by atoms with E-state index in [4.69, 9.17) is 9.15 Å². The van der Waals surface area contributed by atoms with Crippen molar-refractivity contribution in [1.29, 1.82) is 0 Å². The normalized spacial score (nSPS) is 16.3. The van der Waals surface area contributed by atoms with Crippen LogP contribution in [0.15, 0.2) is 47.1 Å². The van der Waals surface area contributed by atoms with Crippen LogP contribution in [0.1, 0.15) is 16.6 Å². The van der Waals surface area contributed by atoms with Crippen molar-refractivity contribution in [2.75, 3.05) is 7.11 Å². The van der Waals surface area contributed by atoms with Crippen molar-refractivity contribution >= 4 is 29.6 Å². The maximum absolute atomic E-state index is 12.3. The maximum Gasteiger partial charge on any atom is 0.328 e. The molecular weight excluding hydrogens is 344 g/mol. The number of ether oxygens (including phenoxy) is 1. The molecule has 3 rings (SSSR count). The number of thioether (sulfide) groups is 1. The van der Waals surface area contributed by atoms with E-state index < -0.39 is 29.0 Å². The fourth-order valence-electron chi connectivity index (χ4n) is 2.55. The molecule has 25 heavy (non-hydrogen) atoms. The summed E-state index contributed by atoms with van der Waals surface area (Å²) in [5.41, 5.74) is 0.780. The Kier molecular flexibility index (Phi) is 5.08. The molecule has 2 aromatic rings. The van der Waals surface area contributed by atoms with Crippen LogP contribution in [-0.4, -0.2) is 25.0 Å². The number of carbonyl (C=O) groups excluding carboxylic acids is 3. The molecule has 2 heterocycles. The van der Waals surface area contributed by atoms with Gasteiger partial charge in [0, 0.05) is 0 Å². The standard InChI is InChI=1S/C17H16N2O5S/c1-23-11-6-4-10(5-7-11)14(25-9-12-3-2-8-24-12)13-15(20)18-17(22)19-16(13)21/h2-8,13-14H,9H2,1H3,(H2,18,19,20,21,22)/t14-/m0/s1. The lowest BCUT2D eigenvalue weighted by Gasteiger charge is -2.28. The van der Waals surface area contributed by atoms with Gasteiger partial charge >= 0.3 is 6.03 Å². The first kappa shape index (κ1) is 17.1. The highest BCUT2D eigenvalue weighted by Crippen LogP contribution is 2.39. The van der Waals surface area contributed by atoms with Gasteiger partial charge in [0.05, 0.1) is 24.4 Å². The van der Waals surface area contributed by atoms with E-state index in [1.165, 1.54) is 11.8 Å². The van der Waals surface area contributed by atoms with Gasteiger partial charge < -0.3 is 9.15 Å². The van der Waals surface area contributed by atoms with E-state index in [0.717, 1.165) is 11.3 Å². The molecule has 1 aromatic heterocycles. The SMILES string of the molecule is COc1ccc([C@H](SCc2ccco2)C2C(=O)NC(=O)NC2=O)cc1. The summed E-state index contributed by atoms with van der Waals surface area (Å²) < 4.78 is 10.5. The van der Waals surface area contributed by atoms with Gasteiger partial charge in [-0.2, -0.15) is 0 Å². The average Bonchev–Trinajstić information content (AvgIpc) is 3.10. The first-order valence-corrected chi connectivity index (χ1v) is 8.57. The van der Waals surface area contributed by atoms with Crippen LogP contribution >= 0.6 is 11.8 Å². The minimum atomic E-state index is -1.02. The lowest BCUT2D eigenvalue weighted by atomic mass is 9.95. The van der Waals surface area contributed by atoms with Crippen molar-refractivity contribution in [3.63, 3.8) is 0 Å². The average molecular weight is 360 g/mol. The third kappa shape index (κ3) is 3.85. The van der Waals surface area contributed by atoms with E-state index in [1.54, 1.807) is 43.7 Å². The van der Waals surface area contributed by atoms with Gasteiger partial charge in [-0.25, -0.2) is 4.79 Å². The summed E-state index contributed by atoms with van der Waals surface area (Å²) in [5, 5.41) is 3.83. The summed E-state index contributed by atoms with van der Waals surface area (Å²) in [6.07, 6.45) is 1.57. The zero-order chi connectivity index (χ0) is 17.8. The Morgan fingerprint density at radius 1 is 1.12 bits per heavy atom. The monoisotopic (exact) mass is 360 g/mol. The molecule has 1 fully saturated rings. The van der Waals surface area contributed by atoms with Gasteiger partial charge in [0.2, 0.25) is 11.8 Å². The first-order valence-electron chi connectivity index (χ1n) is 7.52. The fraction of sp³-hybridized carbons (Fsp3) is 0.235. The van der Waals surface area contributed by atoms with Gasteiger partial charge in [-0.3, -0.25) is 20.2 Å². The van der Waals surface area contributed by atoms with Crippen LogP contribution in [0.2, 0.25) is 0 Å². The van der Waals surface area contributed by atoms with Crippen molar-refractivity contribution in [3.8, 4) is 5.75 Å². The molecule has 0 spiro atoms. The van der Waals surface area contributed by atoms with E-state index in [1.807, 2.05) is 6.07 Å². The summed E-state index contributed by atoms with van der Waals surface area (Å²) >= 11 is 1.39. The zero-order valence-electron chi connectivity index (χ0n) is 13.4. The van der Waals surface area contributed by atoms with E-state index in [0.29, 0.717) is 11.5 Å². The number of hydrogen-bond donors (Lipinski definition) is 2. The number of amides is 4. The third-order valence-electron chi connectivity index (χ3n) is 3.77. The molecule has 0 saturated carbocycles. The highest BCUT2D eigenvalue weighted by molar-refractivity contribution is 7.98. The fourth-order valence-corrected chi connectivity index (χ4v) is 3.85. The predicted octanol–water partition coefficient (Wildman–Crippen LogP) is 2.24. The van der Waals surface area contributed by atoms with Crippen LogP contribution in [0.4, 0.5) is 4.79 Å². The lowest BCUT2D eigenvalue weighted by Crippen LogP contribution is -2.56. The highest BCUT2D eigenvalue weighted by Gasteiger charge is 2.41. The lowest BCUT2D eigenvalue weighted by molar-refractivity contribution is -0.135. The van der Waals surface area contributed by atoms with Crippen LogP contribution < -0.4 is 15.4 Å². The molecule has 0 aliphatic carbocycles. The van der Waals surface area contributed by atoms with Gasteiger partial charge in [0.1, 0.15) is 17.4 Å². The minimum absolute atomic E-state index is 0.481. The predicted molar refractivity (Wildman–Crippen MR) is 90.9 cm³/mol. The number of imide groups is 2. The number of barbiturate groups is 1. The van der Waals surface area contributed by atoms with Crippen LogP contribution in [0.25, 0.3) is 0 Å². The summed E-state index contributed by atoms with van der Waals surface area (Å²) in [5.74, 6) is -0.356. The summed E-state index contributed by atoms with van der Waals surface area (Å²) in [6.45, 7) is 0. The van der Waals surface area contributed by atoms with Crippen molar-refractivity contribution in [2.45, 2.75) is 11.0 Å². The second-order valence-corrected chi connectivity index (χ2v) is 6.50. The zero-order valence-corrected chi connectivity index (χ0v) is 14.2. The van der Waals surface area contributed by atoms with Crippen molar-refractivity contribution in [3.05, 3.63) is 54.0 Å². The number of methoxy groups -OCH3 is 1. The Hall–Kier alpha value is -2.74. The number of urea groups is 1. The molecule has 0 radical (unpaired) electrons. The molecule has 1 aliphatic heterocycles. The Balaban J connectivity index is 1.88. The Bertz CT molecular complexity index is 753. The topological polar surface area (TPSA) is 97.6 Å². The molecule has 7 nitrogen and oxygen atoms in total. The summed E-state index contributed by atoms with van der Waals surface area (Å²) in [6, 6.07) is 9.93. The van der Waals surface area contributed by atoms with Crippen LogP contribution in [-0.2, 0) is 15.3 Å². The van der Waals surface area contributed by atoms with E-state index in [9.17, 15) is 14.4 Å². The number of hydrogen-bond acceptors (Lipinski definition) is 6. The summed E-state index contributed by atoms with van der Waals surface area (Å²) in [4.78, 5) is 35.8. The van der Waals surface area contributed by atoms with Gasteiger partial charge in [0.15, 0.2) is 0 Å². The van der Waals surface area contributed by atoms with Gasteiger partial charge in [0.25, 0.3) is 0 Å². The molecule has 1 atom stereocenters. The van der Waals surface area contributed by atoms with Crippen molar-refractivity contribution in [1.82, 2.24) is 10.6 Å².